The lowest BCUT2D eigenvalue weighted by Gasteiger charge is -2.22. The minimum absolute atomic E-state index is 0.0971. The van der Waals surface area contributed by atoms with Gasteiger partial charge in [-0.25, -0.2) is 0 Å². The average Bonchev–Trinajstić information content (AvgIpc) is 2.49. The molecule has 102 valence electrons. The molecule has 1 N–H and O–H groups in total. The molecule has 0 saturated heterocycles. The molecule has 2 nitrogen and oxygen atoms in total. The van der Waals surface area contributed by atoms with Gasteiger partial charge in [0, 0.05) is 12.1 Å². The Labute approximate surface area is 121 Å². The molecule has 0 heterocycles. The predicted molar refractivity (Wildman–Crippen MR) is 82.2 cm³/mol. The molecule has 0 bridgehead atoms. The molecule has 0 aliphatic rings. The first-order chi connectivity index (χ1) is 9.79. The first kappa shape index (κ1) is 14.3. The highest BCUT2D eigenvalue weighted by Crippen LogP contribution is 2.17. The van der Waals surface area contributed by atoms with Crippen molar-refractivity contribution in [1.29, 1.82) is 5.26 Å². The summed E-state index contributed by atoms with van der Waals surface area (Å²) in [4.78, 5) is 0. The Morgan fingerprint density at radius 1 is 1.00 bits per heavy atom. The average molecular weight is 264 g/mol. The third-order valence-electron chi connectivity index (χ3n) is 3.37. The highest BCUT2D eigenvalue weighted by molar-refractivity contribution is 5.21. The number of hydrogen-bond acceptors (Lipinski definition) is 2. The Hall–Kier alpha value is -2.11. The molecule has 0 aromatic heterocycles. The molecule has 0 saturated carbocycles. The molecular formula is C18H20N2. The van der Waals surface area contributed by atoms with E-state index in [-0.39, 0.29) is 6.04 Å². The number of nitrogens with zero attached hydrogens (tertiary/aromatic N) is 1. The van der Waals surface area contributed by atoms with E-state index in [0.29, 0.717) is 12.5 Å². The Kier molecular flexibility index (Phi) is 5.34. The highest BCUT2D eigenvalue weighted by Gasteiger charge is 2.14. The lowest BCUT2D eigenvalue weighted by Crippen LogP contribution is -2.32. The molecule has 0 amide bonds. The van der Waals surface area contributed by atoms with E-state index in [1.54, 1.807) is 0 Å². The van der Waals surface area contributed by atoms with Crippen molar-refractivity contribution in [3.63, 3.8) is 0 Å². The molecule has 0 aliphatic heterocycles. The van der Waals surface area contributed by atoms with Gasteiger partial charge >= 0.3 is 0 Å². The van der Waals surface area contributed by atoms with Crippen LogP contribution in [0.4, 0.5) is 0 Å². The van der Waals surface area contributed by atoms with Gasteiger partial charge in [0.05, 0.1) is 12.5 Å². The standard InChI is InChI=1S/C18H20N2/c1-15(14-16-8-4-2-5-9-16)20-18(12-13-19)17-10-6-3-7-11-17/h2-11,15,18,20H,12,14H2,1H3. The predicted octanol–water partition coefficient (Wildman–Crippen LogP) is 3.86. The SMILES string of the molecule is CC(Cc1ccccc1)NC(CC#N)c1ccccc1. The van der Waals surface area contributed by atoms with Crippen LogP contribution in [-0.4, -0.2) is 6.04 Å². The van der Waals surface area contributed by atoms with E-state index in [1.165, 1.54) is 11.1 Å². The van der Waals surface area contributed by atoms with Gasteiger partial charge in [0.2, 0.25) is 0 Å². The zero-order valence-electron chi connectivity index (χ0n) is 11.8. The van der Waals surface area contributed by atoms with Crippen molar-refractivity contribution in [2.75, 3.05) is 0 Å². The molecule has 2 heteroatoms. The van der Waals surface area contributed by atoms with Crippen LogP contribution in [0.3, 0.4) is 0 Å². The second-order valence-electron chi connectivity index (χ2n) is 5.08. The minimum Gasteiger partial charge on any atom is -0.306 e. The normalized spacial score (nSPS) is 13.4. The summed E-state index contributed by atoms with van der Waals surface area (Å²) < 4.78 is 0. The second-order valence-corrected chi connectivity index (χ2v) is 5.08. The van der Waals surface area contributed by atoms with Crippen molar-refractivity contribution in [2.45, 2.75) is 31.8 Å². The van der Waals surface area contributed by atoms with Crippen molar-refractivity contribution < 1.29 is 0 Å². The highest BCUT2D eigenvalue weighted by atomic mass is 14.9. The molecule has 2 rings (SSSR count). The van der Waals surface area contributed by atoms with Gasteiger partial charge in [-0.3, -0.25) is 0 Å². The van der Waals surface area contributed by atoms with Crippen LogP contribution in [0.5, 0.6) is 0 Å². The number of hydrogen-bond donors (Lipinski definition) is 1. The van der Waals surface area contributed by atoms with Crippen molar-refractivity contribution >= 4 is 0 Å². The van der Waals surface area contributed by atoms with Gasteiger partial charge in [-0.1, -0.05) is 60.7 Å². The van der Waals surface area contributed by atoms with E-state index in [4.69, 9.17) is 5.26 Å². The van der Waals surface area contributed by atoms with Crippen LogP contribution in [0.1, 0.15) is 30.5 Å². The molecule has 2 unspecified atom stereocenters. The summed E-state index contributed by atoms with van der Waals surface area (Å²) in [5.74, 6) is 0. The zero-order chi connectivity index (χ0) is 14.2. The smallest absolute Gasteiger partial charge is 0.0641 e. The van der Waals surface area contributed by atoms with Crippen LogP contribution >= 0.6 is 0 Å². The van der Waals surface area contributed by atoms with E-state index in [1.807, 2.05) is 24.3 Å². The molecule has 0 aliphatic carbocycles. The quantitative estimate of drug-likeness (QED) is 0.860. The molecule has 0 radical (unpaired) electrons. The van der Waals surface area contributed by atoms with Gasteiger partial charge in [-0.05, 0) is 24.5 Å². The Morgan fingerprint density at radius 2 is 1.60 bits per heavy atom. The summed E-state index contributed by atoms with van der Waals surface area (Å²) in [6.45, 7) is 2.17. The number of nitriles is 1. The minimum atomic E-state index is 0.0971. The van der Waals surface area contributed by atoms with Gasteiger partial charge in [0.15, 0.2) is 0 Å². The first-order valence-corrected chi connectivity index (χ1v) is 7.01. The Bertz CT molecular complexity index is 543. The van der Waals surface area contributed by atoms with E-state index in [0.717, 1.165) is 6.42 Å². The summed E-state index contributed by atoms with van der Waals surface area (Å²) >= 11 is 0. The molecule has 0 spiro atoms. The fraction of sp³-hybridized carbons (Fsp3) is 0.278. The van der Waals surface area contributed by atoms with Crippen LogP contribution in [0.2, 0.25) is 0 Å². The van der Waals surface area contributed by atoms with Crippen LogP contribution in [0.15, 0.2) is 60.7 Å². The molecule has 20 heavy (non-hydrogen) atoms. The van der Waals surface area contributed by atoms with Gasteiger partial charge in [-0.15, -0.1) is 0 Å². The van der Waals surface area contributed by atoms with Crippen molar-refractivity contribution in [3.05, 3.63) is 71.8 Å². The fourth-order valence-electron chi connectivity index (χ4n) is 2.42. The fourth-order valence-corrected chi connectivity index (χ4v) is 2.42. The molecule has 0 fully saturated rings. The Balaban J connectivity index is 2.00. The maximum Gasteiger partial charge on any atom is 0.0641 e. The third kappa shape index (κ3) is 4.22. The van der Waals surface area contributed by atoms with Gasteiger partial charge in [-0.2, -0.15) is 5.26 Å². The zero-order valence-corrected chi connectivity index (χ0v) is 11.8. The van der Waals surface area contributed by atoms with Crippen molar-refractivity contribution in [3.8, 4) is 6.07 Å². The summed E-state index contributed by atoms with van der Waals surface area (Å²) in [6.07, 6.45) is 1.46. The molecule has 2 aromatic rings. The number of nitrogens with one attached hydrogen (secondary N) is 1. The van der Waals surface area contributed by atoms with Crippen molar-refractivity contribution in [2.24, 2.45) is 0 Å². The molecular weight excluding hydrogens is 244 g/mol. The maximum atomic E-state index is 9.01. The third-order valence-corrected chi connectivity index (χ3v) is 3.37. The van der Waals surface area contributed by atoms with E-state index in [9.17, 15) is 0 Å². The summed E-state index contributed by atoms with van der Waals surface area (Å²) in [6, 6.07) is 23.3. The largest absolute Gasteiger partial charge is 0.306 e. The van der Waals surface area contributed by atoms with Gasteiger partial charge in [0.1, 0.15) is 0 Å². The first-order valence-electron chi connectivity index (χ1n) is 7.01. The van der Waals surface area contributed by atoms with E-state index < -0.39 is 0 Å². The van der Waals surface area contributed by atoms with Crippen molar-refractivity contribution in [1.82, 2.24) is 5.32 Å². The van der Waals surface area contributed by atoms with Crippen LogP contribution in [0, 0.1) is 11.3 Å². The van der Waals surface area contributed by atoms with Crippen LogP contribution < -0.4 is 5.32 Å². The summed E-state index contributed by atoms with van der Waals surface area (Å²) in [5.41, 5.74) is 2.49. The lowest BCUT2D eigenvalue weighted by atomic mass is 10.0. The Morgan fingerprint density at radius 3 is 2.20 bits per heavy atom. The molecule has 2 aromatic carbocycles. The monoisotopic (exact) mass is 264 g/mol. The maximum absolute atomic E-state index is 9.01. The van der Waals surface area contributed by atoms with Gasteiger partial charge in [0.25, 0.3) is 0 Å². The van der Waals surface area contributed by atoms with Gasteiger partial charge < -0.3 is 5.32 Å². The van der Waals surface area contributed by atoms with Crippen LogP contribution in [0.25, 0.3) is 0 Å². The second kappa shape index (κ2) is 7.47. The summed E-state index contributed by atoms with van der Waals surface area (Å²) in [7, 11) is 0. The lowest BCUT2D eigenvalue weighted by molar-refractivity contribution is 0.458. The summed E-state index contributed by atoms with van der Waals surface area (Å²) in [5, 5.41) is 12.6. The topological polar surface area (TPSA) is 35.8 Å². The van der Waals surface area contributed by atoms with Crippen LogP contribution in [-0.2, 0) is 6.42 Å². The number of rotatable bonds is 6. The van der Waals surface area contributed by atoms with E-state index >= 15 is 0 Å². The molecule has 2 atom stereocenters. The number of benzene rings is 2. The van der Waals surface area contributed by atoms with E-state index in [2.05, 4.69) is 54.7 Å².